The first-order valence-electron chi connectivity index (χ1n) is 6.52. The van der Waals surface area contributed by atoms with Gasteiger partial charge in [0.15, 0.2) is 0 Å². The maximum atomic E-state index is 12.1. The second-order valence-electron chi connectivity index (χ2n) is 4.53. The molecule has 2 aromatic carbocycles. The molecule has 5 nitrogen and oxygen atoms in total. The summed E-state index contributed by atoms with van der Waals surface area (Å²) in [4.78, 5) is 12.1. The van der Waals surface area contributed by atoms with E-state index >= 15 is 0 Å². The van der Waals surface area contributed by atoms with Gasteiger partial charge >= 0.3 is 0 Å². The average Bonchev–Trinajstić information content (AvgIpc) is 2.54. The van der Waals surface area contributed by atoms with E-state index in [0.29, 0.717) is 17.1 Å². The van der Waals surface area contributed by atoms with Crippen molar-refractivity contribution in [3.05, 3.63) is 52.5 Å². The van der Waals surface area contributed by atoms with E-state index in [1.54, 1.807) is 32.4 Å². The largest absolute Gasteiger partial charge is 0.506 e. The number of ether oxygens (including phenoxy) is 2. The second-order valence-corrected chi connectivity index (χ2v) is 4.93. The minimum absolute atomic E-state index is 0.0623. The molecule has 0 bridgehead atoms. The highest BCUT2D eigenvalue weighted by molar-refractivity contribution is 6.32. The number of phenols is 1. The van der Waals surface area contributed by atoms with Crippen LogP contribution in [0, 0.1) is 0 Å². The molecule has 0 saturated heterocycles. The number of halogens is 1. The van der Waals surface area contributed by atoms with E-state index in [-0.39, 0.29) is 23.2 Å². The molecular weight excluding hydrogens is 306 g/mol. The molecule has 1 amide bonds. The minimum atomic E-state index is -0.299. The Morgan fingerprint density at radius 2 is 1.95 bits per heavy atom. The fraction of sp³-hybridized carbons (Fsp3) is 0.188. The van der Waals surface area contributed by atoms with Crippen molar-refractivity contribution in [2.24, 2.45) is 0 Å². The molecule has 6 heteroatoms. The van der Waals surface area contributed by atoms with Crippen LogP contribution in [0.5, 0.6) is 17.2 Å². The van der Waals surface area contributed by atoms with Gasteiger partial charge in [0.05, 0.1) is 19.2 Å². The summed E-state index contributed by atoms with van der Waals surface area (Å²) >= 11 is 5.80. The Kier molecular flexibility index (Phi) is 5.12. The normalized spacial score (nSPS) is 10.1. The van der Waals surface area contributed by atoms with Gasteiger partial charge in [0, 0.05) is 17.7 Å². The zero-order valence-electron chi connectivity index (χ0n) is 12.2. The summed E-state index contributed by atoms with van der Waals surface area (Å²) in [5.74, 6) is 0.974. The molecule has 0 atom stereocenters. The number of benzene rings is 2. The van der Waals surface area contributed by atoms with Crippen LogP contribution in [-0.4, -0.2) is 25.2 Å². The number of carbonyl (C=O) groups is 1. The number of hydrogen-bond acceptors (Lipinski definition) is 4. The van der Waals surface area contributed by atoms with Gasteiger partial charge in [-0.3, -0.25) is 4.79 Å². The Hall–Kier alpha value is -2.40. The van der Waals surface area contributed by atoms with Crippen molar-refractivity contribution in [3.63, 3.8) is 0 Å². The monoisotopic (exact) mass is 321 g/mol. The lowest BCUT2D eigenvalue weighted by molar-refractivity contribution is 0.0950. The molecule has 0 aliphatic carbocycles. The summed E-state index contributed by atoms with van der Waals surface area (Å²) in [6.07, 6.45) is 0. The number of amides is 1. The first-order chi connectivity index (χ1) is 10.5. The van der Waals surface area contributed by atoms with Gasteiger partial charge in [-0.25, -0.2) is 0 Å². The van der Waals surface area contributed by atoms with Crippen LogP contribution in [0.15, 0.2) is 36.4 Å². The zero-order chi connectivity index (χ0) is 16.1. The van der Waals surface area contributed by atoms with Crippen LogP contribution < -0.4 is 14.8 Å². The van der Waals surface area contributed by atoms with Crippen LogP contribution in [0.1, 0.15) is 15.9 Å². The van der Waals surface area contributed by atoms with E-state index in [2.05, 4.69) is 5.32 Å². The maximum Gasteiger partial charge on any atom is 0.251 e. The molecule has 116 valence electrons. The highest BCUT2D eigenvalue weighted by Gasteiger charge is 2.10. The number of aromatic hydroxyl groups is 1. The molecular formula is C16H16ClNO4. The van der Waals surface area contributed by atoms with Crippen LogP contribution in [0.3, 0.4) is 0 Å². The summed E-state index contributed by atoms with van der Waals surface area (Å²) in [7, 11) is 3.13. The standard InChI is InChI=1S/C16H16ClNO4/c1-21-12-4-6-15(22-2)11(7-12)9-18-16(20)10-3-5-14(19)13(17)8-10/h3-8,19H,9H2,1-2H3,(H,18,20). The molecule has 0 radical (unpaired) electrons. The predicted molar refractivity (Wildman–Crippen MR) is 83.8 cm³/mol. The van der Waals surface area contributed by atoms with Gasteiger partial charge in [0.1, 0.15) is 17.2 Å². The Morgan fingerprint density at radius 3 is 2.59 bits per heavy atom. The molecule has 0 saturated carbocycles. The van der Waals surface area contributed by atoms with Gasteiger partial charge in [-0.1, -0.05) is 11.6 Å². The maximum absolute atomic E-state index is 12.1. The minimum Gasteiger partial charge on any atom is -0.506 e. The molecule has 0 aliphatic rings. The highest BCUT2D eigenvalue weighted by atomic mass is 35.5. The van der Waals surface area contributed by atoms with Gasteiger partial charge in [0.2, 0.25) is 0 Å². The number of rotatable bonds is 5. The highest BCUT2D eigenvalue weighted by Crippen LogP contribution is 2.25. The molecule has 0 aromatic heterocycles. The van der Waals surface area contributed by atoms with Gasteiger partial charge in [-0.2, -0.15) is 0 Å². The molecule has 2 rings (SSSR count). The number of nitrogens with one attached hydrogen (secondary N) is 1. The molecule has 0 fully saturated rings. The molecule has 2 aromatic rings. The zero-order valence-corrected chi connectivity index (χ0v) is 13.0. The van der Waals surface area contributed by atoms with E-state index in [0.717, 1.165) is 5.56 Å². The van der Waals surface area contributed by atoms with Crippen LogP contribution in [0.2, 0.25) is 5.02 Å². The number of phenolic OH excluding ortho intramolecular Hbond substituents is 1. The molecule has 22 heavy (non-hydrogen) atoms. The van der Waals surface area contributed by atoms with Crippen LogP contribution in [0.4, 0.5) is 0 Å². The Morgan fingerprint density at radius 1 is 1.18 bits per heavy atom. The summed E-state index contributed by atoms with van der Waals surface area (Å²) in [6, 6.07) is 9.64. The SMILES string of the molecule is COc1ccc(OC)c(CNC(=O)c2ccc(O)c(Cl)c2)c1. The molecule has 0 heterocycles. The summed E-state index contributed by atoms with van der Waals surface area (Å²) in [6.45, 7) is 0.275. The molecule has 0 unspecified atom stereocenters. The third kappa shape index (κ3) is 3.62. The van der Waals surface area contributed by atoms with E-state index in [1.807, 2.05) is 0 Å². The van der Waals surface area contributed by atoms with E-state index in [1.165, 1.54) is 18.2 Å². The topological polar surface area (TPSA) is 67.8 Å². The smallest absolute Gasteiger partial charge is 0.251 e. The van der Waals surface area contributed by atoms with Crippen LogP contribution in [-0.2, 0) is 6.54 Å². The lowest BCUT2D eigenvalue weighted by Gasteiger charge is -2.11. The van der Waals surface area contributed by atoms with Gasteiger partial charge < -0.3 is 19.9 Å². The second kappa shape index (κ2) is 7.04. The fourth-order valence-corrected chi connectivity index (χ4v) is 2.13. The van der Waals surface area contributed by atoms with Crippen molar-refractivity contribution in [1.29, 1.82) is 0 Å². The Labute approximate surface area is 133 Å². The molecule has 0 spiro atoms. The molecule has 2 N–H and O–H groups in total. The van der Waals surface area contributed by atoms with E-state index < -0.39 is 0 Å². The average molecular weight is 322 g/mol. The summed E-state index contributed by atoms with van der Waals surface area (Å²) < 4.78 is 10.4. The third-order valence-corrected chi connectivity index (χ3v) is 3.44. The quantitative estimate of drug-likeness (QED) is 0.888. The number of carbonyl (C=O) groups excluding carboxylic acids is 1. The third-order valence-electron chi connectivity index (χ3n) is 3.14. The van der Waals surface area contributed by atoms with Gasteiger partial charge in [-0.15, -0.1) is 0 Å². The van der Waals surface area contributed by atoms with Crippen LogP contribution in [0.25, 0.3) is 0 Å². The van der Waals surface area contributed by atoms with E-state index in [4.69, 9.17) is 21.1 Å². The van der Waals surface area contributed by atoms with Crippen molar-refractivity contribution < 1.29 is 19.4 Å². The van der Waals surface area contributed by atoms with Crippen molar-refractivity contribution in [1.82, 2.24) is 5.32 Å². The first kappa shape index (κ1) is 16.0. The van der Waals surface area contributed by atoms with Gasteiger partial charge in [0.25, 0.3) is 5.91 Å². The van der Waals surface area contributed by atoms with E-state index in [9.17, 15) is 9.90 Å². The molecule has 0 aliphatic heterocycles. The van der Waals surface area contributed by atoms with Crippen molar-refractivity contribution in [2.45, 2.75) is 6.54 Å². The van der Waals surface area contributed by atoms with Crippen molar-refractivity contribution in [3.8, 4) is 17.2 Å². The summed E-state index contributed by atoms with van der Waals surface area (Å²) in [5, 5.41) is 12.3. The number of hydrogen-bond donors (Lipinski definition) is 2. The first-order valence-corrected chi connectivity index (χ1v) is 6.90. The van der Waals surface area contributed by atoms with Gasteiger partial charge in [-0.05, 0) is 36.4 Å². The summed E-state index contributed by atoms with van der Waals surface area (Å²) in [5.41, 5.74) is 1.16. The predicted octanol–water partition coefficient (Wildman–Crippen LogP) is 2.99. The Balaban J connectivity index is 2.11. The van der Waals surface area contributed by atoms with Crippen LogP contribution >= 0.6 is 11.6 Å². The van der Waals surface area contributed by atoms with Crippen molar-refractivity contribution >= 4 is 17.5 Å². The Bertz CT molecular complexity index is 688. The van der Waals surface area contributed by atoms with Crippen molar-refractivity contribution in [2.75, 3.05) is 14.2 Å². The fourth-order valence-electron chi connectivity index (χ4n) is 1.95. The number of methoxy groups -OCH3 is 2. The lowest BCUT2D eigenvalue weighted by Crippen LogP contribution is -2.23. The lowest BCUT2D eigenvalue weighted by atomic mass is 10.1.